The third-order valence-corrected chi connectivity index (χ3v) is 7.30. The lowest BCUT2D eigenvalue weighted by Crippen LogP contribution is -2.41. The number of carbonyl (C=O) groups excluding carboxylic acids is 2. The van der Waals surface area contributed by atoms with Crippen LogP contribution in [0.15, 0.2) is 33.6 Å². The van der Waals surface area contributed by atoms with Crippen LogP contribution in [0.5, 0.6) is 0 Å². The molecule has 0 radical (unpaired) electrons. The molecule has 2 heterocycles. The molecule has 0 aliphatic rings. The van der Waals surface area contributed by atoms with Gasteiger partial charge in [-0.15, -0.1) is 0 Å². The van der Waals surface area contributed by atoms with Crippen LogP contribution >= 0.6 is 0 Å². The smallest absolute Gasteiger partial charge is 0.273 e. The quantitative estimate of drug-likeness (QED) is 0.445. The monoisotopic (exact) mass is 489 g/mol. The van der Waals surface area contributed by atoms with E-state index in [9.17, 15) is 18.0 Å². The Kier molecular flexibility index (Phi) is 7.78. The highest BCUT2D eigenvalue weighted by molar-refractivity contribution is 7.89. The topological polar surface area (TPSA) is 127 Å². The van der Waals surface area contributed by atoms with Gasteiger partial charge in [-0.25, -0.2) is 17.7 Å². The Morgan fingerprint density at radius 1 is 1.15 bits per heavy atom. The number of hydrogen-bond acceptors (Lipinski definition) is 6. The normalized spacial score (nSPS) is 11.8. The molecule has 0 aliphatic carbocycles. The maximum Gasteiger partial charge on any atom is 0.273 e. The molecule has 0 aliphatic heterocycles. The number of benzene rings is 1. The fourth-order valence-corrected chi connectivity index (χ4v) is 4.55. The number of nitrogens with one attached hydrogen (secondary N) is 2. The molecule has 0 atom stereocenters. The highest BCUT2D eigenvalue weighted by Crippen LogP contribution is 2.23. The molecular formula is C23H31N5O5S. The minimum atomic E-state index is -3.58. The third-order valence-electron chi connectivity index (χ3n) is 5.49. The van der Waals surface area contributed by atoms with E-state index in [1.807, 2.05) is 4.57 Å². The number of carbonyl (C=O) groups is 2. The summed E-state index contributed by atoms with van der Waals surface area (Å²) in [6.07, 6.45) is 2.33. The molecule has 0 bridgehead atoms. The lowest BCUT2D eigenvalue weighted by Gasteiger charge is -2.11. The summed E-state index contributed by atoms with van der Waals surface area (Å²) in [5, 5.41) is 0. The van der Waals surface area contributed by atoms with Gasteiger partial charge in [-0.3, -0.25) is 20.4 Å². The standard InChI is InChI=1S/C23H31N5O5S/c1-6-7-12-28-20-9-8-17(34(31,32)27(4)5)14-19(20)24-21(28)10-11-22(29)25-26-23(30)18-13-15(2)33-16(18)3/h8-9,13-14H,6-7,10-12H2,1-5H3,(H,25,29)(H,26,30). The van der Waals surface area contributed by atoms with E-state index in [0.29, 0.717) is 41.4 Å². The molecule has 3 rings (SSSR count). The number of rotatable bonds is 9. The highest BCUT2D eigenvalue weighted by atomic mass is 32.2. The Balaban J connectivity index is 1.73. The molecule has 1 aromatic carbocycles. The SMILES string of the molecule is CCCCn1c(CCC(=O)NNC(=O)c2cc(C)oc2C)nc2cc(S(=O)(=O)N(C)C)ccc21. The fourth-order valence-electron chi connectivity index (χ4n) is 3.63. The molecule has 184 valence electrons. The van der Waals surface area contributed by atoms with E-state index in [-0.39, 0.29) is 17.2 Å². The van der Waals surface area contributed by atoms with Crippen molar-refractivity contribution in [2.24, 2.45) is 0 Å². The Labute approximate surface area is 199 Å². The van der Waals surface area contributed by atoms with Crippen LogP contribution in [-0.4, -0.2) is 48.2 Å². The lowest BCUT2D eigenvalue weighted by atomic mass is 10.2. The molecule has 2 amide bonds. The second-order valence-electron chi connectivity index (χ2n) is 8.30. The Morgan fingerprint density at radius 3 is 2.50 bits per heavy atom. The number of nitrogens with zero attached hydrogens (tertiary/aromatic N) is 3. The lowest BCUT2D eigenvalue weighted by molar-refractivity contribution is -0.121. The molecule has 0 unspecified atom stereocenters. The van der Waals surface area contributed by atoms with Crippen molar-refractivity contribution in [2.75, 3.05) is 14.1 Å². The number of aromatic nitrogens is 2. The Morgan fingerprint density at radius 2 is 1.88 bits per heavy atom. The zero-order chi connectivity index (χ0) is 25.0. The maximum absolute atomic E-state index is 12.5. The van der Waals surface area contributed by atoms with Gasteiger partial charge in [0.2, 0.25) is 15.9 Å². The molecule has 0 saturated carbocycles. The highest BCUT2D eigenvalue weighted by Gasteiger charge is 2.20. The van der Waals surface area contributed by atoms with Gasteiger partial charge in [-0.1, -0.05) is 13.3 Å². The van der Waals surface area contributed by atoms with E-state index in [1.165, 1.54) is 14.1 Å². The van der Waals surface area contributed by atoms with Crippen LogP contribution < -0.4 is 10.9 Å². The summed E-state index contributed by atoms with van der Waals surface area (Å²) in [4.78, 5) is 29.4. The van der Waals surface area contributed by atoms with Gasteiger partial charge in [0.05, 0.1) is 21.5 Å². The summed E-state index contributed by atoms with van der Waals surface area (Å²) < 4.78 is 33.5. The van der Waals surface area contributed by atoms with Crippen LogP contribution in [0.25, 0.3) is 11.0 Å². The zero-order valence-corrected chi connectivity index (χ0v) is 21.0. The number of aryl methyl sites for hydroxylation is 4. The minimum absolute atomic E-state index is 0.0992. The van der Waals surface area contributed by atoms with Crippen molar-refractivity contribution in [1.82, 2.24) is 24.7 Å². The van der Waals surface area contributed by atoms with Crippen LogP contribution in [0.1, 0.15) is 53.9 Å². The molecule has 11 heteroatoms. The first-order valence-electron chi connectivity index (χ1n) is 11.1. The van der Waals surface area contributed by atoms with Gasteiger partial charge in [-0.2, -0.15) is 0 Å². The average molecular weight is 490 g/mol. The number of fused-ring (bicyclic) bond motifs is 1. The first-order valence-corrected chi connectivity index (χ1v) is 12.6. The van der Waals surface area contributed by atoms with Crippen molar-refractivity contribution < 1.29 is 22.4 Å². The Hall–Kier alpha value is -3.18. The van der Waals surface area contributed by atoms with E-state index < -0.39 is 15.9 Å². The second-order valence-corrected chi connectivity index (χ2v) is 10.5. The second kappa shape index (κ2) is 10.4. The number of sulfonamides is 1. The third kappa shape index (κ3) is 5.48. The first-order chi connectivity index (χ1) is 16.0. The molecule has 2 N–H and O–H groups in total. The fraction of sp³-hybridized carbons (Fsp3) is 0.435. The van der Waals surface area contributed by atoms with Crippen LogP contribution in [0.2, 0.25) is 0 Å². The van der Waals surface area contributed by atoms with E-state index in [4.69, 9.17) is 4.42 Å². The van der Waals surface area contributed by atoms with E-state index >= 15 is 0 Å². The van der Waals surface area contributed by atoms with Crippen molar-refractivity contribution in [2.45, 2.75) is 57.9 Å². The van der Waals surface area contributed by atoms with Crippen LogP contribution in [0.3, 0.4) is 0 Å². The molecule has 2 aromatic heterocycles. The first kappa shape index (κ1) is 25.4. The van der Waals surface area contributed by atoms with Crippen LogP contribution in [-0.2, 0) is 27.8 Å². The van der Waals surface area contributed by atoms with Crippen LogP contribution in [0, 0.1) is 13.8 Å². The summed E-state index contributed by atoms with van der Waals surface area (Å²) in [5.74, 6) is 0.959. The molecular weight excluding hydrogens is 458 g/mol. The Bertz CT molecular complexity index is 1310. The molecule has 0 fully saturated rings. The van der Waals surface area contributed by atoms with E-state index in [2.05, 4.69) is 22.8 Å². The summed E-state index contributed by atoms with van der Waals surface area (Å²) >= 11 is 0. The maximum atomic E-state index is 12.5. The molecule has 0 saturated heterocycles. The van der Waals surface area contributed by atoms with Gasteiger partial charge >= 0.3 is 0 Å². The van der Waals surface area contributed by atoms with Crippen molar-refractivity contribution in [3.63, 3.8) is 0 Å². The van der Waals surface area contributed by atoms with E-state index in [1.54, 1.807) is 38.1 Å². The largest absolute Gasteiger partial charge is 0.466 e. The number of amides is 2. The predicted octanol–water partition coefficient (Wildman–Crippen LogP) is 2.69. The molecule has 10 nitrogen and oxygen atoms in total. The summed E-state index contributed by atoms with van der Waals surface area (Å²) in [5.41, 5.74) is 6.57. The van der Waals surface area contributed by atoms with Crippen molar-refractivity contribution in [3.05, 3.63) is 47.2 Å². The van der Waals surface area contributed by atoms with E-state index in [0.717, 1.165) is 22.7 Å². The zero-order valence-electron chi connectivity index (χ0n) is 20.1. The average Bonchev–Trinajstić information content (AvgIpc) is 3.32. The van der Waals surface area contributed by atoms with Gasteiger partial charge < -0.3 is 8.98 Å². The molecule has 34 heavy (non-hydrogen) atoms. The van der Waals surface area contributed by atoms with Gasteiger partial charge in [0.25, 0.3) is 5.91 Å². The molecule has 0 spiro atoms. The van der Waals surface area contributed by atoms with Gasteiger partial charge in [0.1, 0.15) is 17.3 Å². The van der Waals surface area contributed by atoms with Crippen molar-refractivity contribution in [3.8, 4) is 0 Å². The van der Waals surface area contributed by atoms with Crippen LogP contribution in [0.4, 0.5) is 0 Å². The number of hydrazine groups is 1. The number of furan rings is 1. The minimum Gasteiger partial charge on any atom is -0.466 e. The number of imidazole rings is 1. The molecule has 3 aromatic rings. The summed E-state index contributed by atoms with van der Waals surface area (Å²) in [6, 6.07) is 6.50. The van der Waals surface area contributed by atoms with Gasteiger partial charge in [0.15, 0.2) is 0 Å². The number of hydrogen-bond donors (Lipinski definition) is 2. The predicted molar refractivity (Wildman–Crippen MR) is 128 cm³/mol. The van der Waals surface area contributed by atoms with Crippen molar-refractivity contribution >= 4 is 32.9 Å². The van der Waals surface area contributed by atoms with Crippen molar-refractivity contribution in [1.29, 1.82) is 0 Å². The number of unbranched alkanes of at least 4 members (excludes halogenated alkanes) is 1. The summed E-state index contributed by atoms with van der Waals surface area (Å²) in [6.45, 7) is 6.21. The summed E-state index contributed by atoms with van der Waals surface area (Å²) in [7, 11) is -0.615. The van der Waals surface area contributed by atoms with Gasteiger partial charge in [-0.05, 0) is 44.5 Å². The van der Waals surface area contributed by atoms with Gasteiger partial charge in [0, 0.05) is 33.5 Å².